The molecule has 4 aliphatic rings. The van der Waals surface area contributed by atoms with E-state index in [-0.39, 0.29) is 29.7 Å². The maximum Gasteiger partial charge on any atom is 0.239 e. The van der Waals surface area contributed by atoms with E-state index in [1.807, 2.05) is 12.1 Å². The standard InChI is InChI=1S/C26H33N3O2/c1-26(2)14-20-24(22(30)15-26)25(17-8-4-3-5-9-17)29(16-23(31)27-18-12-13-18)21-11-7-6-10-19(21)28-20/h3-4,6-7,10-11,17-18,25,28H,5,8-9,12-16H2,1-2H3,(H,27,31). The van der Waals surface area contributed by atoms with Crippen molar-refractivity contribution < 1.29 is 9.59 Å². The van der Waals surface area contributed by atoms with Gasteiger partial charge in [-0.1, -0.05) is 38.1 Å². The van der Waals surface area contributed by atoms with Crippen LogP contribution >= 0.6 is 0 Å². The van der Waals surface area contributed by atoms with Gasteiger partial charge in [0.2, 0.25) is 5.91 Å². The molecule has 1 aromatic carbocycles. The largest absolute Gasteiger partial charge is 0.357 e. The van der Waals surface area contributed by atoms with Gasteiger partial charge in [0.05, 0.1) is 24.0 Å². The molecule has 1 fully saturated rings. The molecule has 1 heterocycles. The van der Waals surface area contributed by atoms with Crippen LogP contribution in [-0.2, 0) is 9.59 Å². The SMILES string of the molecule is CC1(C)CC(=O)C2=C(C1)Nc1ccccc1N(CC(=O)NC1CC1)C2C1CC=CCC1. The molecule has 0 spiro atoms. The molecule has 1 amide bonds. The number of hydrogen-bond acceptors (Lipinski definition) is 4. The maximum absolute atomic E-state index is 13.6. The number of nitrogens with zero attached hydrogens (tertiary/aromatic N) is 1. The van der Waals surface area contributed by atoms with E-state index in [0.29, 0.717) is 18.4 Å². The fourth-order valence-corrected chi connectivity index (χ4v) is 5.52. The Morgan fingerprint density at radius 2 is 1.97 bits per heavy atom. The lowest BCUT2D eigenvalue weighted by molar-refractivity contribution is -0.121. The molecule has 5 heteroatoms. The first-order valence-corrected chi connectivity index (χ1v) is 11.7. The van der Waals surface area contributed by atoms with E-state index < -0.39 is 0 Å². The van der Waals surface area contributed by atoms with Gasteiger partial charge in [-0.05, 0) is 62.0 Å². The molecular weight excluding hydrogens is 386 g/mol. The molecule has 0 aromatic heterocycles. The average Bonchev–Trinajstić information content (AvgIpc) is 3.54. The minimum atomic E-state index is -0.0790. The topological polar surface area (TPSA) is 61.4 Å². The van der Waals surface area contributed by atoms with E-state index in [9.17, 15) is 9.59 Å². The van der Waals surface area contributed by atoms with Gasteiger partial charge in [0, 0.05) is 23.7 Å². The lowest BCUT2D eigenvalue weighted by Gasteiger charge is -2.41. The Bertz CT molecular complexity index is 957. The van der Waals surface area contributed by atoms with Crippen LogP contribution in [0.4, 0.5) is 11.4 Å². The van der Waals surface area contributed by atoms with Crippen LogP contribution in [0.25, 0.3) is 0 Å². The van der Waals surface area contributed by atoms with Crippen molar-refractivity contribution in [2.45, 2.75) is 70.9 Å². The number of fused-ring (bicyclic) bond motifs is 1. The lowest BCUT2D eigenvalue weighted by Crippen LogP contribution is -2.50. The van der Waals surface area contributed by atoms with Gasteiger partial charge in [0.15, 0.2) is 5.78 Å². The van der Waals surface area contributed by atoms with E-state index in [4.69, 9.17) is 0 Å². The third kappa shape index (κ3) is 4.15. The van der Waals surface area contributed by atoms with E-state index in [1.54, 1.807) is 0 Å². The number of para-hydroxylation sites is 2. The Hall–Kier alpha value is -2.56. The molecule has 1 saturated carbocycles. The Kier molecular flexibility index (Phi) is 5.15. The van der Waals surface area contributed by atoms with Crippen LogP contribution in [0.5, 0.6) is 0 Å². The number of amides is 1. The van der Waals surface area contributed by atoms with Crippen molar-refractivity contribution in [2.24, 2.45) is 11.3 Å². The predicted molar refractivity (Wildman–Crippen MR) is 124 cm³/mol. The highest BCUT2D eigenvalue weighted by atomic mass is 16.2. The Morgan fingerprint density at radius 3 is 2.71 bits per heavy atom. The van der Waals surface area contributed by atoms with E-state index >= 15 is 0 Å². The van der Waals surface area contributed by atoms with Gasteiger partial charge in [0.1, 0.15) is 0 Å². The number of anilines is 2. The highest BCUT2D eigenvalue weighted by Crippen LogP contribution is 2.46. The second-order valence-electron chi connectivity index (χ2n) is 10.4. The number of allylic oxidation sites excluding steroid dienone is 3. The van der Waals surface area contributed by atoms with E-state index in [0.717, 1.165) is 61.2 Å². The summed E-state index contributed by atoms with van der Waals surface area (Å²) < 4.78 is 0. The lowest BCUT2D eigenvalue weighted by atomic mass is 9.71. The van der Waals surface area contributed by atoms with Gasteiger partial charge in [-0.2, -0.15) is 0 Å². The van der Waals surface area contributed by atoms with Gasteiger partial charge in [-0.15, -0.1) is 0 Å². The second kappa shape index (κ2) is 7.85. The number of ketones is 1. The molecule has 1 aliphatic heterocycles. The zero-order valence-electron chi connectivity index (χ0n) is 18.6. The number of rotatable bonds is 4. The van der Waals surface area contributed by atoms with Crippen LogP contribution in [0.2, 0.25) is 0 Å². The molecule has 1 aromatic rings. The number of nitrogens with one attached hydrogen (secondary N) is 2. The predicted octanol–water partition coefficient (Wildman–Crippen LogP) is 4.57. The van der Waals surface area contributed by atoms with E-state index in [2.05, 4.69) is 53.7 Å². The Morgan fingerprint density at radius 1 is 1.16 bits per heavy atom. The molecule has 5 nitrogen and oxygen atoms in total. The first-order chi connectivity index (χ1) is 14.9. The van der Waals surface area contributed by atoms with Crippen molar-refractivity contribution in [2.75, 3.05) is 16.8 Å². The van der Waals surface area contributed by atoms with Crippen molar-refractivity contribution in [3.8, 4) is 0 Å². The zero-order valence-corrected chi connectivity index (χ0v) is 18.6. The average molecular weight is 420 g/mol. The molecular formula is C26H33N3O2. The normalized spacial score (nSPS) is 27.2. The molecule has 164 valence electrons. The monoisotopic (exact) mass is 419 g/mol. The molecule has 0 bridgehead atoms. The van der Waals surface area contributed by atoms with Gasteiger partial charge in [-0.3, -0.25) is 9.59 Å². The summed E-state index contributed by atoms with van der Waals surface area (Å²) in [6.45, 7) is 4.63. The molecule has 2 atom stereocenters. The maximum atomic E-state index is 13.6. The minimum Gasteiger partial charge on any atom is -0.357 e. The highest BCUT2D eigenvalue weighted by Gasteiger charge is 2.44. The van der Waals surface area contributed by atoms with Gasteiger partial charge in [-0.25, -0.2) is 0 Å². The molecule has 0 radical (unpaired) electrons. The van der Waals surface area contributed by atoms with Crippen molar-refractivity contribution >= 4 is 23.1 Å². The van der Waals surface area contributed by atoms with Crippen molar-refractivity contribution in [3.63, 3.8) is 0 Å². The molecule has 2 unspecified atom stereocenters. The Labute approximate surface area is 185 Å². The van der Waals surface area contributed by atoms with Gasteiger partial charge >= 0.3 is 0 Å². The molecule has 5 rings (SSSR count). The third-order valence-electron chi connectivity index (χ3n) is 7.06. The van der Waals surface area contributed by atoms with Gasteiger partial charge < -0.3 is 15.5 Å². The fraction of sp³-hybridized carbons (Fsp3) is 0.538. The third-order valence-corrected chi connectivity index (χ3v) is 7.06. The quantitative estimate of drug-likeness (QED) is 0.702. The van der Waals surface area contributed by atoms with E-state index in [1.165, 1.54) is 0 Å². The zero-order chi connectivity index (χ0) is 21.6. The van der Waals surface area contributed by atoms with Crippen molar-refractivity contribution in [1.82, 2.24) is 5.32 Å². The van der Waals surface area contributed by atoms with Crippen molar-refractivity contribution in [1.29, 1.82) is 0 Å². The number of Topliss-reactive ketones (excluding diaryl/α,β-unsaturated/α-hetero) is 1. The van der Waals surface area contributed by atoms with Crippen LogP contribution in [0.1, 0.15) is 58.8 Å². The van der Waals surface area contributed by atoms with Crippen LogP contribution in [0, 0.1) is 11.3 Å². The summed E-state index contributed by atoms with van der Waals surface area (Å²) >= 11 is 0. The second-order valence-corrected chi connectivity index (χ2v) is 10.4. The minimum absolute atomic E-state index is 0.0568. The summed E-state index contributed by atoms with van der Waals surface area (Å²) in [5.74, 6) is 0.613. The summed E-state index contributed by atoms with van der Waals surface area (Å²) in [7, 11) is 0. The summed E-state index contributed by atoms with van der Waals surface area (Å²) in [6, 6.07) is 8.46. The smallest absolute Gasteiger partial charge is 0.239 e. The molecule has 0 saturated heterocycles. The van der Waals surface area contributed by atoms with Crippen LogP contribution in [-0.4, -0.2) is 30.3 Å². The number of carbonyl (C=O) groups excluding carboxylic acids is 2. The molecule has 2 N–H and O–H groups in total. The summed E-state index contributed by atoms with van der Waals surface area (Å²) in [6.07, 6.45) is 11.1. The van der Waals surface area contributed by atoms with Crippen LogP contribution in [0.15, 0.2) is 47.7 Å². The van der Waals surface area contributed by atoms with Crippen molar-refractivity contribution in [3.05, 3.63) is 47.7 Å². The Balaban J connectivity index is 1.61. The first-order valence-electron chi connectivity index (χ1n) is 11.7. The fourth-order valence-electron chi connectivity index (χ4n) is 5.52. The summed E-state index contributed by atoms with van der Waals surface area (Å²) in [5, 5.41) is 6.80. The molecule has 3 aliphatic carbocycles. The highest BCUT2D eigenvalue weighted by molar-refractivity contribution is 6.01. The number of benzene rings is 1. The number of carbonyl (C=O) groups is 2. The van der Waals surface area contributed by atoms with Crippen LogP contribution in [0.3, 0.4) is 0 Å². The molecule has 31 heavy (non-hydrogen) atoms. The summed E-state index contributed by atoms with van der Waals surface area (Å²) in [4.78, 5) is 28.8. The summed E-state index contributed by atoms with van der Waals surface area (Å²) in [5.41, 5.74) is 3.92. The van der Waals surface area contributed by atoms with Gasteiger partial charge in [0.25, 0.3) is 0 Å². The first kappa shape index (κ1) is 20.3. The van der Waals surface area contributed by atoms with Crippen LogP contribution < -0.4 is 15.5 Å². The number of hydrogen-bond donors (Lipinski definition) is 2.